The number of rotatable bonds is 7. The summed E-state index contributed by atoms with van der Waals surface area (Å²) in [5.74, 6) is -0.949. The highest BCUT2D eigenvalue weighted by atomic mass is 19.1. The molecule has 0 bridgehead atoms. The minimum absolute atomic E-state index is 0.0880. The van der Waals surface area contributed by atoms with E-state index in [-0.39, 0.29) is 17.2 Å². The van der Waals surface area contributed by atoms with Crippen LogP contribution in [0.5, 0.6) is 11.5 Å². The number of aromatic nitrogens is 2. The number of carbonyl (C=O) groups is 1. The van der Waals surface area contributed by atoms with E-state index in [9.17, 15) is 18.4 Å². The van der Waals surface area contributed by atoms with Crippen molar-refractivity contribution in [2.45, 2.75) is 53.4 Å². The van der Waals surface area contributed by atoms with Crippen LogP contribution >= 0.6 is 0 Å². The van der Waals surface area contributed by atoms with Gasteiger partial charge in [0.25, 0.3) is 5.56 Å². The first-order valence-electron chi connectivity index (χ1n) is 14.3. The van der Waals surface area contributed by atoms with Gasteiger partial charge in [0, 0.05) is 54.1 Å². The van der Waals surface area contributed by atoms with Gasteiger partial charge in [0.05, 0.1) is 0 Å². The predicted molar refractivity (Wildman–Crippen MR) is 162 cm³/mol. The molecule has 41 heavy (non-hydrogen) atoms. The molecule has 1 amide bonds. The summed E-state index contributed by atoms with van der Waals surface area (Å²) in [6, 6.07) is 9.92. The van der Waals surface area contributed by atoms with Crippen LogP contribution in [0.15, 0.2) is 59.7 Å². The van der Waals surface area contributed by atoms with Crippen LogP contribution < -0.4 is 20.9 Å². The number of ether oxygens (including phenoxy) is 1. The minimum atomic E-state index is -0.839. The predicted octanol–water partition coefficient (Wildman–Crippen LogP) is 7.37. The molecule has 2 aromatic heterocycles. The Hall–Kier alpha value is -3.98. The van der Waals surface area contributed by atoms with Crippen molar-refractivity contribution in [1.29, 1.82) is 0 Å². The first kappa shape index (κ1) is 31.5. The molecule has 0 spiro atoms. The molecule has 9 heteroatoms. The van der Waals surface area contributed by atoms with E-state index in [1.54, 1.807) is 43.7 Å². The number of aromatic amines is 1. The number of aryl methyl sites for hydroxylation is 1. The smallest absolute Gasteiger partial charge is 0.274 e. The number of nitrogens with zero attached hydrogens (tertiary/aromatic N) is 1. The third-order valence-electron chi connectivity index (χ3n) is 6.80. The fraction of sp³-hybridized carbons (Fsp3) is 0.375. The number of fused-ring (bicyclic) bond motifs is 1. The second-order valence-electron chi connectivity index (χ2n) is 9.39. The zero-order valence-electron chi connectivity index (χ0n) is 24.4. The number of H-pyrrole nitrogens is 1. The number of hydrogen-bond donors (Lipinski definition) is 3. The molecule has 4 aromatic rings. The molecule has 5 rings (SSSR count). The van der Waals surface area contributed by atoms with E-state index in [1.807, 2.05) is 27.7 Å². The molecule has 0 saturated carbocycles. The fourth-order valence-electron chi connectivity index (χ4n) is 4.80. The molecule has 220 valence electrons. The van der Waals surface area contributed by atoms with Gasteiger partial charge in [0.2, 0.25) is 5.91 Å². The lowest BCUT2D eigenvalue weighted by molar-refractivity contribution is -0.116. The first-order chi connectivity index (χ1) is 19.9. The number of benzene rings is 2. The Morgan fingerprint density at radius 3 is 2.41 bits per heavy atom. The quantitative estimate of drug-likeness (QED) is 0.218. The number of pyridine rings is 1. The van der Waals surface area contributed by atoms with Gasteiger partial charge in [-0.05, 0) is 74.7 Å². The van der Waals surface area contributed by atoms with Crippen molar-refractivity contribution in [1.82, 2.24) is 14.9 Å². The lowest BCUT2D eigenvalue weighted by Crippen LogP contribution is -2.28. The maximum atomic E-state index is 14.4. The first-order valence-corrected chi connectivity index (χ1v) is 14.3. The van der Waals surface area contributed by atoms with E-state index < -0.39 is 11.6 Å². The topological polar surface area (TPSA) is 88.2 Å². The summed E-state index contributed by atoms with van der Waals surface area (Å²) >= 11 is 0. The van der Waals surface area contributed by atoms with Crippen molar-refractivity contribution in [2.24, 2.45) is 13.0 Å². The standard InChI is InChI=1S/C28H28F2N4O3.2C2H6/c1-34-16-22(20-10-13-32-27(20)28(34)36)21-15-19(33-26(35)7-2-17-8-11-31-12-9-17)4-6-24(21)37-25-5-3-18(29)14-23(25)30;2*1-2/h3-6,10,13-17,31-32H,2,7-9,11-12H2,1H3,(H,33,35);2*1-2H3. The van der Waals surface area contributed by atoms with E-state index >= 15 is 0 Å². The molecule has 2 aromatic carbocycles. The molecule has 7 nitrogen and oxygen atoms in total. The zero-order chi connectivity index (χ0) is 29.9. The molecular weight excluding hydrogens is 526 g/mol. The van der Waals surface area contributed by atoms with Gasteiger partial charge in [-0.25, -0.2) is 8.78 Å². The Morgan fingerprint density at radius 2 is 1.71 bits per heavy atom. The average molecular weight is 567 g/mol. The number of nitrogens with one attached hydrogen (secondary N) is 3. The van der Waals surface area contributed by atoms with Crippen molar-refractivity contribution >= 4 is 22.5 Å². The zero-order valence-corrected chi connectivity index (χ0v) is 24.4. The summed E-state index contributed by atoms with van der Waals surface area (Å²) < 4.78 is 35.2. The molecule has 0 unspecified atom stereocenters. The molecular formula is C32H40F2N4O3. The summed E-state index contributed by atoms with van der Waals surface area (Å²) in [6.07, 6.45) is 6.73. The van der Waals surface area contributed by atoms with Crippen LogP contribution in [0.1, 0.15) is 53.4 Å². The Labute approximate surface area is 239 Å². The average Bonchev–Trinajstić information content (AvgIpc) is 3.49. The summed E-state index contributed by atoms with van der Waals surface area (Å²) in [5, 5.41) is 6.95. The number of amides is 1. The molecule has 3 N–H and O–H groups in total. The summed E-state index contributed by atoms with van der Waals surface area (Å²) in [6.45, 7) is 9.97. The van der Waals surface area contributed by atoms with Gasteiger partial charge in [0.15, 0.2) is 11.6 Å². The molecule has 1 saturated heterocycles. The van der Waals surface area contributed by atoms with Crippen LogP contribution in [0.4, 0.5) is 14.5 Å². The highest BCUT2D eigenvalue weighted by molar-refractivity contribution is 5.98. The van der Waals surface area contributed by atoms with Gasteiger partial charge in [0.1, 0.15) is 17.1 Å². The molecule has 0 aliphatic carbocycles. The lowest BCUT2D eigenvalue weighted by Gasteiger charge is -2.22. The molecule has 0 radical (unpaired) electrons. The van der Waals surface area contributed by atoms with Gasteiger partial charge < -0.3 is 24.9 Å². The monoisotopic (exact) mass is 566 g/mol. The van der Waals surface area contributed by atoms with E-state index in [1.165, 1.54) is 10.6 Å². The van der Waals surface area contributed by atoms with Crippen molar-refractivity contribution in [3.05, 3.63) is 76.8 Å². The third-order valence-corrected chi connectivity index (χ3v) is 6.80. The van der Waals surface area contributed by atoms with Crippen LogP contribution in [0, 0.1) is 17.6 Å². The maximum Gasteiger partial charge on any atom is 0.274 e. The van der Waals surface area contributed by atoms with E-state index in [0.717, 1.165) is 44.5 Å². The van der Waals surface area contributed by atoms with Gasteiger partial charge >= 0.3 is 0 Å². The Morgan fingerprint density at radius 1 is 1.00 bits per heavy atom. The molecule has 1 aliphatic rings. The van der Waals surface area contributed by atoms with Crippen LogP contribution in [0.25, 0.3) is 22.0 Å². The number of piperidine rings is 1. The number of anilines is 1. The molecule has 0 atom stereocenters. The number of carbonyl (C=O) groups excluding carboxylic acids is 1. The second kappa shape index (κ2) is 15.1. The largest absolute Gasteiger partial charge is 0.454 e. The molecule has 3 heterocycles. The van der Waals surface area contributed by atoms with Gasteiger partial charge in [-0.2, -0.15) is 0 Å². The third kappa shape index (κ3) is 7.82. The Bertz CT molecular complexity index is 1510. The van der Waals surface area contributed by atoms with Gasteiger partial charge in [-0.1, -0.05) is 27.7 Å². The normalized spacial score (nSPS) is 13.0. The minimum Gasteiger partial charge on any atom is -0.454 e. The highest BCUT2D eigenvalue weighted by Crippen LogP contribution is 2.39. The van der Waals surface area contributed by atoms with E-state index in [0.29, 0.717) is 45.8 Å². The summed E-state index contributed by atoms with van der Waals surface area (Å²) in [5.41, 5.74) is 1.96. The van der Waals surface area contributed by atoms with Crippen LogP contribution in [-0.2, 0) is 11.8 Å². The van der Waals surface area contributed by atoms with E-state index in [2.05, 4.69) is 15.6 Å². The Balaban J connectivity index is 0.00000111. The van der Waals surface area contributed by atoms with Crippen LogP contribution in [-0.4, -0.2) is 28.5 Å². The second-order valence-corrected chi connectivity index (χ2v) is 9.39. The van der Waals surface area contributed by atoms with Crippen LogP contribution in [0.3, 0.4) is 0 Å². The lowest BCUT2D eigenvalue weighted by atomic mass is 9.93. The van der Waals surface area contributed by atoms with Crippen molar-refractivity contribution in [3.63, 3.8) is 0 Å². The number of hydrogen-bond acceptors (Lipinski definition) is 4. The summed E-state index contributed by atoms with van der Waals surface area (Å²) in [7, 11) is 1.64. The van der Waals surface area contributed by atoms with E-state index in [4.69, 9.17) is 4.74 Å². The maximum absolute atomic E-state index is 14.4. The van der Waals surface area contributed by atoms with Crippen molar-refractivity contribution in [2.75, 3.05) is 18.4 Å². The number of halogens is 2. The fourth-order valence-corrected chi connectivity index (χ4v) is 4.80. The van der Waals surface area contributed by atoms with Crippen molar-refractivity contribution < 1.29 is 18.3 Å². The summed E-state index contributed by atoms with van der Waals surface area (Å²) in [4.78, 5) is 28.3. The molecule has 1 aliphatic heterocycles. The SMILES string of the molecule is CC.CC.Cn1cc(-c2cc(NC(=O)CCC3CCNCC3)ccc2Oc2ccc(F)cc2F)c2cc[nH]c2c1=O. The van der Waals surface area contributed by atoms with Gasteiger partial charge in [-0.15, -0.1) is 0 Å². The Kier molecular flexibility index (Phi) is 11.6. The molecule has 1 fully saturated rings. The van der Waals surface area contributed by atoms with Gasteiger partial charge in [-0.3, -0.25) is 9.59 Å². The highest BCUT2D eigenvalue weighted by Gasteiger charge is 2.18. The van der Waals surface area contributed by atoms with Crippen molar-refractivity contribution in [3.8, 4) is 22.6 Å². The van der Waals surface area contributed by atoms with Crippen LogP contribution in [0.2, 0.25) is 0 Å².